The van der Waals surface area contributed by atoms with Crippen molar-refractivity contribution >= 4 is 22.8 Å². The lowest BCUT2D eigenvalue weighted by atomic mass is 9.92. The molecule has 21 heavy (non-hydrogen) atoms. The van der Waals surface area contributed by atoms with Gasteiger partial charge in [-0.05, 0) is 51.2 Å². The van der Waals surface area contributed by atoms with Crippen molar-refractivity contribution in [3.63, 3.8) is 0 Å². The van der Waals surface area contributed by atoms with E-state index in [9.17, 15) is 0 Å². The molecule has 0 spiro atoms. The molecule has 2 unspecified atom stereocenters. The highest BCUT2D eigenvalue weighted by Crippen LogP contribution is 2.34. The number of nitrogens with zero attached hydrogens (tertiary/aromatic N) is 3. The number of fused-ring (bicyclic) bond motifs is 1. The number of hydrogen-bond acceptors (Lipinski definition) is 3. The number of pyridine rings is 1. The van der Waals surface area contributed by atoms with E-state index >= 15 is 0 Å². The fourth-order valence-electron chi connectivity index (χ4n) is 3.22. The molecule has 3 heterocycles. The highest BCUT2D eigenvalue weighted by Gasteiger charge is 2.27. The summed E-state index contributed by atoms with van der Waals surface area (Å²) in [6, 6.07) is 2.34. The molecule has 1 aliphatic heterocycles. The Hall–Kier alpha value is -1.13. The maximum atomic E-state index is 6.38. The van der Waals surface area contributed by atoms with E-state index in [-0.39, 0.29) is 5.38 Å². The van der Waals surface area contributed by atoms with Gasteiger partial charge in [-0.25, -0.2) is 9.97 Å². The summed E-state index contributed by atoms with van der Waals surface area (Å²) in [5, 5.41) is -0.124. The van der Waals surface area contributed by atoms with Crippen LogP contribution in [0.2, 0.25) is 0 Å². The predicted octanol–water partition coefficient (Wildman–Crippen LogP) is 4.03. The third-order valence-corrected chi connectivity index (χ3v) is 4.71. The lowest BCUT2D eigenvalue weighted by molar-refractivity contribution is 0.0514. The standard InChI is InChI=1S/C16H22ClN3O/c1-10-4-7-18-16-14(10)19-15(11(2)17)20(16)12(3)13-5-8-21-9-6-13/h4,7,11-13H,5-6,8-9H2,1-3H3. The van der Waals surface area contributed by atoms with Crippen LogP contribution < -0.4 is 0 Å². The van der Waals surface area contributed by atoms with Crippen molar-refractivity contribution in [3.8, 4) is 0 Å². The topological polar surface area (TPSA) is 39.9 Å². The van der Waals surface area contributed by atoms with Crippen LogP contribution in [0.15, 0.2) is 12.3 Å². The van der Waals surface area contributed by atoms with Crippen molar-refractivity contribution in [1.82, 2.24) is 14.5 Å². The molecule has 1 aliphatic rings. The second-order valence-electron chi connectivity index (χ2n) is 5.95. The van der Waals surface area contributed by atoms with E-state index in [0.29, 0.717) is 12.0 Å². The van der Waals surface area contributed by atoms with Crippen molar-refractivity contribution in [2.45, 2.75) is 45.0 Å². The van der Waals surface area contributed by atoms with Crippen molar-refractivity contribution in [2.24, 2.45) is 5.92 Å². The van der Waals surface area contributed by atoms with E-state index in [2.05, 4.69) is 23.4 Å². The van der Waals surface area contributed by atoms with Crippen LogP contribution in [-0.2, 0) is 4.74 Å². The van der Waals surface area contributed by atoms with E-state index in [4.69, 9.17) is 21.3 Å². The zero-order chi connectivity index (χ0) is 15.0. The maximum absolute atomic E-state index is 6.38. The number of alkyl halides is 1. The summed E-state index contributed by atoms with van der Waals surface area (Å²) >= 11 is 6.38. The van der Waals surface area contributed by atoms with E-state index in [1.54, 1.807) is 0 Å². The molecule has 0 amide bonds. The van der Waals surface area contributed by atoms with E-state index < -0.39 is 0 Å². The molecule has 0 aliphatic carbocycles. The van der Waals surface area contributed by atoms with Crippen LogP contribution in [0, 0.1) is 12.8 Å². The molecule has 2 aromatic rings. The molecular formula is C16H22ClN3O. The van der Waals surface area contributed by atoms with Gasteiger partial charge in [-0.1, -0.05) is 0 Å². The molecule has 3 rings (SSSR count). The Balaban J connectivity index is 2.10. The van der Waals surface area contributed by atoms with Crippen molar-refractivity contribution in [1.29, 1.82) is 0 Å². The van der Waals surface area contributed by atoms with Crippen LogP contribution in [-0.4, -0.2) is 27.7 Å². The molecule has 0 aromatic carbocycles. The predicted molar refractivity (Wildman–Crippen MR) is 84.8 cm³/mol. The van der Waals surface area contributed by atoms with Gasteiger partial charge >= 0.3 is 0 Å². The van der Waals surface area contributed by atoms with E-state index in [1.165, 1.54) is 0 Å². The fraction of sp³-hybridized carbons (Fsp3) is 0.625. The van der Waals surface area contributed by atoms with Crippen LogP contribution >= 0.6 is 11.6 Å². The average Bonchev–Trinajstić information content (AvgIpc) is 2.88. The molecule has 0 bridgehead atoms. The van der Waals surface area contributed by atoms with Crippen molar-refractivity contribution in [3.05, 3.63) is 23.7 Å². The quantitative estimate of drug-likeness (QED) is 0.804. The number of aryl methyl sites for hydroxylation is 1. The van der Waals surface area contributed by atoms with Crippen molar-refractivity contribution < 1.29 is 4.74 Å². The normalized spacial score (nSPS) is 19.8. The minimum Gasteiger partial charge on any atom is -0.381 e. The van der Waals surface area contributed by atoms with Crippen LogP contribution in [0.25, 0.3) is 11.2 Å². The first-order chi connectivity index (χ1) is 10.1. The maximum Gasteiger partial charge on any atom is 0.160 e. The Bertz CT molecular complexity index is 632. The number of ether oxygens (including phenoxy) is 1. The highest BCUT2D eigenvalue weighted by atomic mass is 35.5. The first kappa shape index (κ1) is 14.8. The Kier molecular flexibility index (Phi) is 4.18. The molecule has 0 radical (unpaired) electrons. The van der Waals surface area contributed by atoms with Gasteiger partial charge in [0.05, 0.1) is 5.38 Å². The average molecular weight is 308 g/mol. The number of imidazole rings is 1. The molecule has 1 saturated heterocycles. The summed E-state index contributed by atoms with van der Waals surface area (Å²) in [6.45, 7) is 8.00. The van der Waals surface area contributed by atoms with Crippen molar-refractivity contribution in [2.75, 3.05) is 13.2 Å². The molecule has 114 valence electrons. The highest BCUT2D eigenvalue weighted by molar-refractivity contribution is 6.20. The largest absolute Gasteiger partial charge is 0.381 e. The zero-order valence-corrected chi connectivity index (χ0v) is 13.6. The molecule has 1 fully saturated rings. The van der Waals surface area contributed by atoms with Gasteiger partial charge in [-0.3, -0.25) is 0 Å². The van der Waals surface area contributed by atoms with E-state index in [1.807, 2.05) is 19.2 Å². The Labute approximate surface area is 130 Å². The fourth-order valence-corrected chi connectivity index (χ4v) is 3.37. The molecule has 2 aromatic heterocycles. The van der Waals surface area contributed by atoms with Crippen LogP contribution in [0.4, 0.5) is 0 Å². The number of hydrogen-bond donors (Lipinski definition) is 0. The lowest BCUT2D eigenvalue weighted by Crippen LogP contribution is -2.25. The second kappa shape index (κ2) is 5.93. The monoisotopic (exact) mass is 307 g/mol. The summed E-state index contributed by atoms with van der Waals surface area (Å²) in [5.41, 5.74) is 3.08. The first-order valence-electron chi connectivity index (χ1n) is 7.65. The number of rotatable bonds is 3. The Morgan fingerprint density at radius 1 is 1.33 bits per heavy atom. The van der Waals surface area contributed by atoms with Gasteiger partial charge < -0.3 is 9.30 Å². The van der Waals surface area contributed by atoms with Gasteiger partial charge in [0.2, 0.25) is 0 Å². The van der Waals surface area contributed by atoms with Gasteiger partial charge in [0, 0.05) is 25.5 Å². The summed E-state index contributed by atoms with van der Waals surface area (Å²) < 4.78 is 7.73. The molecule has 2 atom stereocenters. The van der Waals surface area contributed by atoms with E-state index in [0.717, 1.165) is 48.6 Å². The summed E-state index contributed by atoms with van der Waals surface area (Å²) in [4.78, 5) is 9.34. The lowest BCUT2D eigenvalue weighted by Gasteiger charge is -2.30. The minimum absolute atomic E-state index is 0.124. The first-order valence-corrected chi connectivity index (χ1v) is 8.08. The minimum atomic E-state index is -0.124. The van der Waals surface area contributed by atoms with Gasteiger partial charge in [-0.15, -0.1) is 11.6 Å². The van der Waals surface area contributed by atoms with Crippen LogP contribution in [0.1, 0.15) is 49.5 Å². The van der Waals surface area contributed by atoms with Gasteiger partial charge in [0.25, 0.3) is 0 Å². The molecule has 4 nitrogen and oxygen atoms in total. The molecular weight excluding hydrogens is 286 g/mol. The number of aromatic nitrogens is 3. The summed E-state index contributed by atoms with van der Waals surface area (Å²) in [6.07, 6.45) is 4.03. The van der Waals surface area contributed by atoms with Gasteiger partial charge in [0.1, 0.15) is 11.3 Å². The van der Waals surface area contributed by atoms with Crippen LogP contribution in [0.3, 0.4) is 0 Å². The van der Waals surface area contributed by atoms with Crippen LogP contribution in [0.5, 0.6) is 0 Å². The third-order valence-electron chi connectivity index (χ3n) is 4.52. The van der Waals surface area contributed by atoms with Gasteiger partial charge in [-0.2, -0.15) is 0 Å². The SMILES string of the molecule is Cc1ccnc2c1nc(C(C)Cl)n2C(C)C1CCOCC1. The molecule has 0 saturated carbocycles. The summed E-state index contributed by atoms with van der Waals surface area (Å²) in [5.74, 6) is 1.51. The number of halogens is 1. The Morgan fingerprint density at radius 2 is 2.05 bits per heavy atom. The Morgan fingerprint density at radius 3 is 2.71 bits per heavy atom. The smallest absolute Gasteiger partial charge is 0.160 e. The van der Waals surface area contributed by atoms with Gasteiger partial charge in [0.15, 0.2) is 5.65 Å². The zero-order valence-electron chi connectivity index (χ0n) is 12.8. The molecule has 5 heteroatoms. The third kappa shape index (κ3) is 2.67. The molecule has 0 N–H and O–H groups in total. The second-order valence-corrected chi connectivity index (χ2v) is 6.60. The summed E-state index contributed by atoms with van der Waals surface area (Å²) in [7, 11) is 0.